The predicted octanol–water partition coefficient (Wildman–Crippen LogP) is 4.43. The first-order valence-electron chi connectivity index (χ1n) is 9.60. The van der Waals surface area contributed by atoms with Gasteiger partial charge in [0.1, 0.15) is 12.4 Å². The first-order chi connectivity index (χ1) is 15.2. The number of hydrogen-bond donors (Lipinski definition) is 2. The number of ether oxygens (including phenoxy) is 1. The Morgan fingerprint density at radius 1 is 1.06 bits per heavy atom. The van der Waals surface area contributed by atoms with Crippen LogP contribution in [-0.4, -0.2) is 32.6 Å². The number of nitrogen functional groups attached to an aromatic ring is 1. The zero-order valence-corrected chi connectivity index (χ0v) is 19.7. The van der Waals surface area contributed by atoms with Gasteiger partial charge < -0.3 is 15.0 Å². The maximum Gasteiger partial charge on any atom is 0.268 e. The van der Waals surface area contributed by atoms with Gasteiger partial charge in [-0.05, 0) is 12.1 Å². The number of hydrogen-bond acceptors (Lipinski definition) is 5. The SMILES string of the molecule is C[Si](C)(C)CCOCn1ccc2c(NS(=O)(=O)c3c(F)c(F)c(F)c(F)c3F)c(N)cnc21. The normalized spacial score (nSPS) is 12.5. The standard InChI is InChI=1S/C19H21F5N4O3SSi/c1-33(2,3)7-6-31-9-28-5-4-10-17(11(25)8-26-19(10)28)27-32(29,30)18-15(23)13(21)12(20)14(22)16(18)24/h4-5,8H,6-7,9,25H2,1-3H3,(H,26,27). The average Bonchev–Trinajstić information content (AvgIpc) is 3.12. The minimum absolute atomic E-state index is 0.0920. The lowest BCUT2D eigenvalue weighted by atomic mass is 10.2. The Hall–Kier alpha value is -2.71. The molecule has 180 valence electrons. The molecule has 2 aromatic heterocycles. The quantitative estimate of drug-likeness (QED) is 0.154. The number of pyridine rings is 1. The van der Waals surface area contributed by atoms with Crippen LogP contribution < -0.4 is 10.5 Å². The van der Waals surface area contributed by atoms with Crippen molar-refractivity contribution in [3.63, 3.8) is 0 Å². The van der Waals surface area contributed by atoms with E-state index in [-0.39, 0.29) is 29.1 Å². The number of aromatic nitrogens is 2. The molecular formula is C19H21F5N4O3SSi. The van der Waals surface area contributed by atoms with E-state index >= 15 is 0 Å². The molecule has 0 saturated carbocycles. The van der Waals surface area contributed by atoms with Gasteiger partial charge in [-0.25, -0.2) is 35.4 Å². The van der Waals surface area contributed by atoms with Gasteiger partial charge in [-0.2, -0.15) is 0 Å². The fraction of sp³-hybridized carbons (Fsp3) is 0.316. The molecule has 0 fully saturated rings. The highest BCUT2D eigenvalue weighted by Crippen LogP contribution is 2.33. The molecule has 2 heterocycles. The Morgan fingerprint density at radius 3 is 2.21 bits per heavy atom. The summed E-state index contributed by atoms with van der Waals surface area (Å²) in [6, 6.07) is 2.34. The molecule has 0 aliphatic rings. The summed E-state index contributed by atoms with van der Waals surface area (Å²) in [7, 11) is -6.58. The number of halogens is 5. The second-order valence-electron chi connectivity index (χ2n) is 8.46. The van der Waals surface area contributed by atoms with Crippen molar-refractivity contribution in [2.24, 2.45) is 0 Å². The van der Waals surface area contributed by atoms with Gasteiger partial charge in [-0.1, -0.05) is 19.6 Å². The molecule has 0 atom stereocenters. The van der Waals surface area contributed by atoms with Crippen molar-refractivity contribution in [1.29, 1.82) is 0 Å². The third-order valence-electron chi connectivity index (χ3n) is 4.72. The fourth-order valence-electron chi connectivity index (χ4n) is 2.92. The number of rotatable bonds is 8. The second-order valence-corrected chi connectivity index (χ2v) is 15.7. The molecule has 3 rings (SSSR count). The summed E-state index contributed by atoms with van der Waals surface area (Å²) in [5.41, 5.74) is 5.46. The third kappa shape index (κ3) is 4.96. The van der Waals surface area contributed by atoms with Gasteiger partial charge in [0.05, 0.1) is 17.6 Å². The molecule has 0 aliphatic carbocycles. The van der Waals surface area contributed by atoms with Crippen LogP contribution in [0.25, 0.3) is 11.0 Å². The molecule has 0 radical (unpaired) electrons. The van der Waals surface area contributed by atoms with Crippen molar-refractivity contribution < 1.29 is 35.1 Å². The molecule has 7 nitrogen and oxygen atoms in total. The Labute approximate surface area is 187 Å². The van der Waals surface area contributed by atoms with Crippen molar-refractivity contribution in [2.75, 3.05) is 17.1 Å². The van der Waals surface area contributed by atoms with Gasteiger partial charge in [-0.3, -0.25) is 4.72 Å². The van der Waals surface area contributed by atoms with Crippen molar-refractivity contribution >= 4 is 40.5 Å². The maximum atomic E-state index is 14.1. The summed E-state index contributed by atoms with van der Waals surface area (Å²) in [5, 5.41) is 0.135. The summed E-state index contributed by atoms with van der Waals surface area (Å²) >= 11 is 0. The molecule has 3 N–H and O–H groups in total. The zero-order valence-electron chi connectivity index (χ0n) is 17.8. The molecule has 0 spiro atoms. The predicted molar refractivity (Wildman–Crippen MR) is 115 cm³/mol. The summed E-state index contributed by atoms with van der Waals surface area (Å²) in [6.07, 6.45) is 2.62. The number of nitrogens with one attached hydrogen (secondary N) is 1. The number of nitrogens with two attached hydrogens (primary N) is 1. The van der Waals surface area contributed by atoms with E-state index in [9.17, 15) is 30.4 Å². The maximum absolute atomic E-state index is 14.1. The number of fused-ring (bicyclic) bond motifs is 1. The lowest BCUT2D eigenvalue weighted by Crippen LogP contribution is -2.22. The van der Waals surface area contributed by atoms with Crippen LogP contribution in [0.2, 0.25) is 25.7 Å². The summed E-state index contributed by atoms with van der Waals surface area (Å²) in [4.78, 5) is 2.10. The number of sulfonamides is 1. The number of anilines is 2. The molecular weight excluding hydrogens is 487 g/mol. The van der Waals surface area contributed by atoms with Crippen LogP contribution in [0, 0.1) is 29.1 Å². The Bertz CT molecular complexity index is 1300. The molecule has 1 aromatic carbocycles. The van der Waals surface area contributed by atoms with Gasteiger partial charge in [0.25, 0.3) is 10.0 Å². The lowest BCUT2D eigenvalue weighted by Gasteiger charge is -2.16. The fourth-order valence-corrected chi connectivity index (χ4v) is 4.93. The van der Waals surface area contributed by atoms with Crippen LogP contribution in [0.5, 0.6) is 0 Å². The minimum Gasteiger partial charge on any atom is -0.396 e. The van der Waals surface area contributed by atoms with Crippen molar-refractivity contribution in [1.82, 2.24) is 9.55 Å². The van der Waals surface area contributed by atoms with Gasteiger partial charge >= 0.3 is 0 Å². The van der Waals surface area contributed by atoms with Gasteiger partial charge in [0.2, 0.25) is 5.82 Å². The van der Waals surface area contributed by atoms with Crippen LogP contribution in [-0.2, 0) is 21.5 Å². The third-order valence-corrected chi connectivity index (χ3v) is 7.79. The van der Waals surface area contributed by atoms with E-state index < -0.39 is 52.1 Å². The molecule has 0 unspecified atom stereocenters. The highest BCUT2D eigenvalue weighted by atomic mass is 32.2. The lowest BCUT2D eigenvalue weighted by molar-refractivity contribution is 0.0899. The van der Waals surface area contributed by atoms with E-state index in [0.717, 1.165) is 12.2 Å². The van der Waals surface area contributed by atoms with Crippen molar-refractivity contribution in [3.8, 4) is 0 Å². The van der Waals surface area contributed by atoms with E-state index in [1.807, 2.05) is 4.72 Å². The molecule has 0 amide bonds. The molecule has 33 heavy (non-hydrogen) atoms. The van der Waals surface area contributed by atoms with Crippen LogP contribution >= 0.6 is 0 Å². The summed E-state index contributed by atoms with van der Waals surface area (Å²) < 4.78 is 103. The van der Waals surface area contributed by atoms with E-state index in [1.54, 1.807) is 4.57 Å². The van der Waals surface area contributed by atoms with Crippen LogP contribution in [0.15, 0.2) is 23.4 Å². The summed E-state index contributed by atoms with van der Waals surface area (Å²) in [5.74, 6) is -12.2. The van der Waals surface area contributed by atoms with Gasteiger partial charge in [0.15, 0.2) is 28.2 Å². The van der Waals surface area contributed by atoms with E-state index in [1.165, 1.54) is 12.3 Å². The summed E-state index contributed by atoms with van der Waals surface area (Å²) in [6.45, 7) is 7.16. The average molecular weight is 509 g/mol. The van der Waals surface area contributed by atoms with Crippen molar-refractivity contribution in [2.45, 2.75) is 37.3 Å². The van der Waals surface area contributed by atoms with Crippen molar-refractivity contribution in [3.05, 3.63) is 47.5 Å². The largest absolute Gasteiger partial charge is 0.396 e. The second kappa shape index (κ2) is 8.91. The first kappa shape index (κ1) is 24.9. The Morgan fingerprint density at radius 2 is 1.64 bits per heavy atom. The highest BCUT2D eigenvalue weighted by Gasteiger charge is 2.34. The van der Waals surface area contributed by atoms with Gasteiger partial charge in [-0.15, -0.1) is 0 Å². The molecule has 0 bridgehead atoms. The number of nitrogens with zero attached hydrogens (tertiary/aromatic N) is 2. The monoisotopic (exact) mass is 508 g/mol. The zero-order chi connectivity index (χ0) is 24.7. The van der Waals surface area contributed by atoms with Crippen LogP contribution in [0.1, 0.15) is 0 Å². The Balaban J connectivity index is 1.97. The van der Waals surface area contributed by atoms with E-state index in [2.05, 4.69) is 24.6 Å². The van der Waals surface area contributed by atoms with Crippen LogP contribution in [0.4, 0.5) is 33.3 Å². The smallest absolute Gasteiger partial charge is 0.268 e. The van der Waals surface area contributed by atoms with Gasteiger partial charge in [0, 0.05) is 26.3 Å². The first-order valence-corrected chi connectivity index (χ1v) is 14.8. The molecule has 14 heteroatoms. The van der Waals surface area contributed by atoms with Crippen LogP contribution in [0.3, 0.4) is 0 Å². The van der Waals surface area contributed by atoms with E-state index in [0.29, 0.717) is 6.61 Å². The molecule has 0 aliphatic heterocycles. The molecule has 0 saturated heterocycles. The number of benzene rings is 1. The Kier molecular flexibility index (Phi) is 6.73. The molecule has 3 aromatic rings. The topological polar surface area (TPSA) is 99.2 Å². The minimum atomic E-state index is -5.27. The van der Waals surface area contributed by atoms with E-state index in [4.69, 9.17) is 10.5 Å². The highest BCUT2D eigenvalue weighted by molar-refractivity contribution is 7.92.